The summed E-state index contributed by atoms with van der Waals surface area (Å²) in [7, 11) is 0. The molecule has 0 radical (unpaired) electrons. The van der Waals surface area contributed by atoms with E-state index in [2.05, 4.69) is 157 Å². The molecule has 2 unspecified atom stereocenters. The Kier molecular flexibility index (Phi) is 13.0. The van der Waals surface area contributed by atoms with Gasteiger partial charge >= 0.3 is 0 Å². The number of anilines is 2. The molecule has 62 heavy (non-hydrogen) atoms. The maximum Gasteiger partial charge on any atom is 0.169 e. The van der Waals surface area contributed by atoms with E-state index in [1.165, 1.54) is 42.4 Å². The van der Waals surface area contributed by atoms with Gasteiger partial charge in [-0.25, -0.2) is 9.97 Å². The summed E-state index contributed by atoms with van der Waals surface area (Å²) in [5.74, 6) is 2.38. The summed E-state index contributed by atoms with van der Waals surface area (Å²) in [4.78, 5) is 40.2. The smallest absolute Gasteiger partial charge is 0.169 e. The molecule has 0 N–H and O–H groups in total. The number of Topliss-reactive ketones (excluding diaryl/α,β-unsaturated/α-hetero) is 1. The lowest BCUT2D eigenvalue weighted by Crippen LogP contribution is -2.61. The van der Waals surface area contributed by atoms with E-state index in [9.17, 15) is 0 Å². The molecule has 10 rings (SSSR count). The molecule has 0 bridgehead atoms. The van der Waals surface area contributed by atoms with Crippen molar-refractivity contribution in [2.75, 3.05) is 101 Å². The van der Waals surface area contributed by atoms with E-state index in [1.807, 2.05) is 34.8 Å². The Balaban J connectivity index is 0.924. The molecule has 4 aliphatic heterocycles. The predicted molar refractivity (Wildman–Crippen MR) is 266 cm³/mol. The number of aromatic nitrogens is 2. The van der Waals surface area contributed by atoms with Gasteiger partial charge in [-0.15, -0.1) is 22.7 Å². The van der Waals surface area contributed by atoms with Gasteiger partial charge in [-0.2, -0.15) is 0 Å². The number of nitrogens with zero attached hydrogens (tertiary/aromatic N) is 8. The van der Waals surface area contributed by atoms with E-state index in [1.54, 1.807) is 0 Å². The van der Waals surface area contributed by atoms with Crippen LogP contribution in [0, 0.1) is 0 Å². The van der Waals surface area contributed by atoms with Gasteiger partial charge < -0.3 is 9.80 Å². The van der Waals surface area contributed by atoms with Gasteiger partial charge in [0, 0.05) is 101 Å². The van der Waals surface area contributed by atoms with Gasteiger partial charge in [0.05, 0.1) is 12.1 Å². The van der Waals surface area contributed by atoms with Crippen LogP contribution in [-0.4, -0.2) is 139 Å². The molecule has 2 aromatic carbocycles. The van der Waals surface area contributed by atoms with Crippen LogP contribution < -0.4 is 9.80 Å². The minimum atomic E-state index is -0.219. The largest absolute Gasteiger partial charge is 0.354 e. The van der Waals surface area contributed by atoms with Gasteiger partial charge in [0.25, 0.3) is 0 Å². The van der Waals surface area contributed by atoms with E-state index in [4.69, 9.17) is 9.97 Å². The number of carbonyl (C=O) groups excluding carboxylic acids is 1. The Bertz CT molecular complexity index is 2420. The van der Waals surface area contributed by atoms with Crippen molar-refractivity contribution < 1.29 is 4.79 Å². The lowest BCUT2D eigenvalue weighted by atomic mass is 9.93. The maximum absolute atomic E-state index is 15.8. The number of carbonyl (C=O) groups is 1. The fourth-order valence-corrected chi connectivity index (χ4v) is 12.4. The highest BCUT2D eigenvalue weighted by atomic mass is 79.9. The zero-order valence-electron chi connectivity index (χ0n) is 34.9. The van der Waals surface area contributed by atoms with Crippen molar-refractivity contribution >= 4 is 103 Å². The summed E-state index contributed by atoms with van der Waals surface area (Å²) < 4.78 is 4.44. The summed E-state index contributed by atoms with van der Waals surface area (Å²) in [6, 6.07) is 29.6. The fourth-order valence-electron chi connectivity index (χ4n) is 9.87. The molecular weight excluding hydrogens is 941 g/mol. The van der Waals surface area contributed by atoms with Crippen molar-refractivity contribution in [1.82, 2.24) is 29.6 Å². The summed E-state index contributed by atoms with van der Waals surface area (Å²) in [5, 5.41) is 7.01. The highest BCUT2D eigenvalue weighted by molar-refractivity contribution is 9.10. The zero-order chi connectivity index (χ0) is 42.0. The lowest BCUT2D eigenvalue weighted by molar-refractivity contribution is -0.131. The number of halogens is 2. The Labute approximate surface area is 389 Å². The molecule has 8 heterocycles. The molecule has 0 spiro atoms. The third-order valence-corrected chi connectivity index (χ3v) is 16.1. The van der Waals surface area contributed by atoms with Crippen molar-refractivity contribution in [2.45, 2.75) is 24.9 Å². The molecule has 2 saturated heterocycles. The topological polar surface area (TPSA) is 62.3 Å². The predicted octanol–water partition coefficient (Wildman–Crippen LogP) is 9.26. The van der Waals surface area contributed by atoms with Crippen LogP contribution in [0.15, 0.2) is 117 Å². The molecule has 0 aliphatic carbocycles. The van der Waals surface area contributed by atoms with Crippen molar-refractivity contribution in [3.63, 3.8) is 0 Å². The molecule has 320 valence electrons. The molecule has 9 nitrogen and oxygen atoms in total. The normalized spacial score (nSPS) is 19.8. The number of piperazine rings is 2. The Morgan fingerprint density at radius 2 is 0.984 bits per heavy atom. The van der Waals surface area contributed by atoms with Crippen LogP contribution in [0.5, 0.6) is 0 Å². The zero-order valence-corrected chi connectivity index (χ0v) is 39.7. The first-order valence-electron chi connectivity index (χ1n) is 22.0. The second kappa shape index (κ2) is 19.1. The Morgan fingerprint density at radius 3 is 1.39 bits per heavy atom. The van der Waals surface area contributed by atoms with Crippen molar-refractivity contribution in [3.8, 4) is 0 Å². The summed E-state index contributed by atoms with van der Waals surface area (Å²) >= 11 is 10.8. The Morgan fingerprint density at radius 1 is 0.548 bits per heavy atom. The number of pyridine rings is 2. The quantitative estimate of drug-likeness (QED) is 0.112. The maximum atomic E-state index is 15.8. The first-order chi connectivity index (χ1) is 30.4. The number of thiophene rings is 2. The summed E-state index contributed by atoms with van der Waals surface area (Å²) in [5.41, 5.74) is 5.50. The van der Waals surface area contributed by atoms with Gasteiger partial charge in [0.2, 0.25) is 0 Å². The standard InChI is InChI=1S/C49H52Br2N8OS2/c50-43-9-3-11-45(52-43)58-27-23-54(24-28-58)33-41(56-19-13-35(14-20-56)39-7-1-5-37-17-31-61-48(37)39)47(60)42(34-55-25-29-59(30-26-55)46-12-4-10-44(51)53-46)57-21-15-36(16-22-57)40-8-2-6-38-18-32-62-49(38)40/h1-13,15,17-18,31-32,41-42H,14,16,19-30,33-34H2. The highest BCUT2D eigenvalue weighted by Crippen LogP contribution is 2.35. The third-order valence-electron chi connectivity index (χ3n) is 13.3. The van der Waals surface area contributed by atoms with Crippen molar-refractivity contribution in [1.29, 1.82) is 0 Å². The molecule has 2 atom stereocenters. The SMILES string of the molecule is O=C(C(CN1CCN(c2cccc(Br)n2)CC1)N1CC=C(c2cccc3ccsc23)CC1)C(CN1CCN(c2cccc(Br)n2)CC1)N1CC=C(c2cccc3ccsc23)CC1. The van der Waals surface area contributed by atoms with Crippen LogP contribution >= 0.6 is 54.5 Å². The average molecular weight is 993 g/mol. The molecule has 0 saturated carbocycles. The van der Waals surface area contributed by atoms with Crippen molar-refractivity contribution in [2.24, 2.45) is 0 Å². The monoisotopic (exact) mass is 990 g/mol. The van der Waals surface area contributed by atoms with E-state index < -0.39 is 0 Å². The summed E-state index contributed by atoms with van der Waals surface area (Å²) in [6.45, 7) is 11.9. The van der Waals surface area contributed by atoms with E-state index in [0.717, 1.165) is 125 Å². The first-order valence-corrected chi connectivity index (χ1v) is 25.3. The number of hydrogen-bond donors (Lipinski definition) is 0. The van der Waals surface area contributed by atoms with Gasteiger partial charge in [0.15, 0.2) is 5.78 Å². The van der Waals surface area contributed by atoms with Crippen LogP contribution in [0.25, 0.3) is 31.3 Å². The van der Waals surface area contributed by atoms with E-state index >= 15 is 4.79 Å². The Hall–Kier alpha value is -3.79. The first kappa shape index (κ1) is 42.2. The molecule has 4 aliphatic rings. The van der Waals surface area contributed by atoms with E-state index in [-0.39, 0.29) is 12.1 Å². The molecule has 13 heteroatoms. The van der Waals surface area contributed by atoms with Crippen LogP contribution in [0.4, 0.5) is 11.6 Å². The number of fused-ring (bicyclic) bond motifs is 2. The van der Waals surface area contributed by atoms with Crippen LogP contribution in [0.2, 0.25) is 0 Å². The van der Waals surface area contributed by atoms with Crippen LogP contribution in [0.3, 0.4) is 0 Å². The number of hydrogen-bond acceptors (Lipinski definition) is 11. The van der Waals surface area contributed by atoms with Crippen molar-refractivity contribution in [3.05, 3.63) is 128 Å². The molecule has 0 amide bonds. The molecule has 4 aromatic heterocycles. The average Bonchev–Trinajstić information content (AvgIpc) is 4.01. The van der Waals surface area contributed by atoms with Gasteiger partial charge in [0.1, 0.15) is 20.8 Å². The fraction of sp³-hybridized carbons (Fsp3) is 0.367. The molecule has 2 fully saturated rings. The molecular formula is C49H52Br2N8OS2. The summed E-state index contributed by atoms with van der Waals surface area (Å²) in [6.07, 6.45) is 6.70. The number of benzene rings is 2. The highest BCUT2D eigenvalue weighted by Gasteiger charge is 2.39. The third kappa shape index (κ3) is 9.23. The number of ketones is 1. The molecule has 6 aromatic rings. The lowest BCUT2D eigenvalue weighted by Gasteiger charge is -2.44. The minimum absolute atomic E-state index is 0.219. The van der Waals surface area contributed by atoms with Crippen LogP contribution in [-0.2, 0) is 4.79 Å². The second-order valence-corrected chi connectivity index (χ2v) is 20.3. The second-order valence-electron chi connectivity index (χ2n) is 16.9. The van der Waals surface area contributed by atoms with Gasteiger partial charge in [-0.3, -0.25) is 24.4 Å². The van der Waals surface area contributed by atoms with E-state index in [0.29, 0.717) is 5.78 Å². The van der Waals surface area contributed by atoms with Crippen LogP contribution in [0.1, 0.15) is 24.0 Å². The minimum Gasteiger partial charge on any atom is -0.354 e. The van der Waals surface area contributed by atoms with Gasteiger partial charge in [-0.05, 0) is 125 Å². The number of rotatable bonds is 12. The van der Waals surface area contributed by atoms with Gasteiger partial charge in [-0.1, -0.05) is 60.7 Å².